The third-order valence-corrected chi connectivity index (χ3v) is 2.73. The minimum atomic E-state index is 0.326. The Morgan fingerprint density at radius 3 is 2.47 bits per heavy atom. The average molecular weight is 207 g/mol. The fraction of sp³-hybridized carbons (Fsp3) is 0.636. The fourth-order valence-electron chi connectivity index (χ4n) is 1.74. The highest BCUT2D eigenvalue weighted by Crippen LogP contribution is 2.16. The second-order valence-corrected chi connectivity index (χ2v) is 4.09. The molecular formula is C11H17N3O. The van der Waals surface area contributed by atoms with Gasteiger partial charge in [-0.05, 0) is 26.8 Å². The zero-order valence-corrected chi connectivity index (χ0v) is 9.31. The van der Waals surface area contributed by atoms with Crippen LogP contribution >= 0.6 is 0 Å². The van der Waals surface area contributed by atoms with Crippen molar-refractivity contribution in [3.05, 3.63) is 18.2 Å². The third kappa shape index (κ3) is 2.89. The summed E-state index contributed by atoms with van der Waals surface area (Å²) >= 11 is 0. The van der Waals surface area contributed by atoms with Crippen LogP contribution in [-0.4, -0.2) is 41.1 Å². The Kier molecular flexibility index (Phi) is 3.16. The predicted octanol–water partition coefficient (Wildman–Crippen LogP) is 1.26. The quantitative estimate of drug-likeness (QED) is 0.731. The summed E-state index contributed by atoms with van der Waals surface area (Å²) in [6.45, 7) is 4.09. The normalized spacial score (nSPS) is 19.1. The number of nitrogens with zero attached hydrogens (tertiary/aromatic N) is 3. The van der Waals surface area contributed by atoms with Crippen molar-refractivity contribution in [3.8, 4) is 5.75 Å². The Morgan fingerprint density at radius 1 is 1.27 bits per heavy atom. The van der Waals surface area contributed by atoms with Gasteiger partial charge in [-0.3, -0.25) is 0 Å². The Labute approximate surface area is 90.3 Å². The van der Waals surface area contributed by atoms with Gasteiger partial charge in [-0.25, -0.2) is 9.97 Å². The molecule has 0 unspecified atom stereocenters. The number of ether oxygens (including phenoxy) is 1. The van der Waals surface area contributed by atoms with Crippen molar-refractivity contribution in [2.45, 2.75) is 25.9 Å². The van der Waals surface area contributed by atoms with Gasteiger partial charge in [0.25, 0.3) is 0 Å². The number of hydrogen-bond acceptors (Lipinski definition) is 4. The van der Waals surface area contributed by atoms with Gasteiger partial charge >= 0.3 is 0 Å². The molecule has 1 aromatic heterocycles. The highest BCUT2D eigenvalue weighted by Gasteiger charge is 2.17. The molecule has 0 spiro atoms. The average Bonchev–Trinajstić information content (AvgIpc) is 2.25. The van der Waals surface area contributed by atoms with E-state index in [0.717, 1.165) is 37.5 Å². The summed E-state index contributed by atoms with van der Waals surface area (Å²) in [4.78, 5) is 10.6. The van der Waals surface area contributed by atoms with Crippen LogP contribution in [0.5, 0.6) is 5.75 Å². The number of aromatic nitrogens is 2. The van der Waals surface area contributed by atoms with Crippen LogP contribution in [0, 0.1) is 6.92 Å². The topological polar surface area (TPSA) is 38.2 Å². The van der Waals surface area contributed by atoms with Crippen molar-refractivity contribution < 1.29 is 4.74 Å². The summed E-state index contributed by atoms with van der Waals surface area (Å²) in [5, 5.41) is 0. The molecule has 15 heavy (non-hydrogen) atoms. The maximum Gasteiger partial charge on any atom is 0.156 e. The molecule has 1 aromatic rings. The number of aryl methyl sites for hydroxylation is 1. The van der Waals surface area contributed by atoms with Crippen LogP contribution in [0.1, 0.15) is 18.7 Å². The lowest BCUT2D eigenvalue weighted by molar-refractivity contribution is 0.113. The zero-order chi connectivity index (χ0) is 10.7. The molecule has 2 rings (SSSR count). The number of piperidine rings is 1. The number of likely N-dealkylation sites (tertiary alicyclic amines) is 1. The molecule has 1 saturated heterocycles. The van der Waals surface area contributed by atoms with Crippen molar-refractivity contribution in [1.82, 2.24) is 14.9 Å². The van der Waals surface area contributed by atoms with Crippen molar-refractivity contribution in [2.75, 3.05) is 20.1 Å². The third-order valence-electron chi connectivity index (χ3n) is 2.73. The SMILES string of the molecule is Cc1ncc(OC2CCN(C)CC2)cn1. The second-order valence-electron chi connectivity index (χ2n) is 4.09. The van der Waals surface area contributed by atoms with Crippen LogP contribution in [0.2, 0.25) is 0 Å². The van der Waals surface area contributed by atoms with Crippen LogP contribution in [0.15, 0.2) is 12.4 Å². The Bertz CT molecular complexity index is 304. The molecule has 4 heteroatoms. The Morgan fingerprint density at radius 2 is 1.87 bits per heavy atom. The molecule has 0 aliphatic carbocycles. The van der Waals surface area contributed by atoms with E-state index in [1.807, 2.05) is 6.92 Å². The molecule has 82 valence electrons. The lowest BCUT2D eigenvalue weighted by atomic mass is 10.1. The van der Waals surface area contributed by atoms with Gasteiger partial charge in [-0.2, -0.15) is 0 Å². The molecule has 4 nitrogen and oxygen atoms in total. The smallest absolute Gasteiger partial charge is 0.156 e. The molecule has 0 saturated carbocycles. The van der Waals surface area contributed by atoms with Crippen LogP contribution in [0.3, 0.4) is 0 Å². The van der Waals surface area contributed by atoms with E-state index in [1.165, 1.54) is 0 Å². The van der Waals surface area contributed by atoms with Gasteiger partial charge in [0.2, 0.25) is 0 Å². The maximum absolute atomic E-state index is 5.81. The zero-order valence-electron chi connectivity index (χ0n) is 9.31. The minimum Gasteiger partial charge on any atom is -0.487 e. The van der Waals surface area contributed by atoms with Crippen LogP contribution in [0.4, 0.5) is 0 Å². The fourth-order valence-corrected chi connectivity index (χ4v) is 1.74. The maximum atomic E-state index is 5.81. The van der Waals surface area contributed by atoms with Gasteiger partial charge in [0.1, 0.15) is 11.9 Å². The van der Waals surface area contributed by atoms with Gasteiger partial charge < -0.3 is 9.64 Å². The van der Waals surface area contributed by atoms with Gasteiger partial charge in [-0.15, -0.1) is 0 Å². The lowest BCUT2D eigenvalue weighted by Crippen LogP contribution is -2.35. The molecule has 0 aromatic carbocycles. The molecule has 0 radical (unpaired) electrons. The van der Waals surface area contributed by atoms with Crippen molar-refractivity contribution >= 4 is 0 Å². The molecular weight excluding hydrogens is 190 g/mol. The molecule has 0 N–H and O–H groups in total. The van der Waals surface area contributed by atoms with E-state index in [2.05, 4.69) is 21.9 Å². The van der Waals surface area contributed by atoms with Crippen molar-refractivity contribution in [2.24, 2.45) is 0 Å². The molecule has 1 aliphatic heterocycles. The Balaban J connectivity index is 1.89. The van der Waals surface area contributed by atoms with Crippen LogP contribution < -0.4 is 4.74 Å². The van der Waals surface area contributed by atoms with Gasteiger partial charge in [0.15, 0.2) is 5.75 Å². The summed E-state index contributed by atoms with van der Waals surface area (Å²) < 4.78 is 5.81. The molecule has 2 heterocycles. The molecule has 1 aliphatic rings. The summed E-state index contributed by atoms with van der Waals surface area (Å²) in [6, 6.07) is 0. The summed E-state index contributed by atoms with van der Waals surface area (Å²) in [5.41, 5.74) is 0. The minimum absolute atomic E-state index is 0.326. The van der Waals surface area contributed by atoms with E-state index in [1.54, 1.807) is 12.4 Å². The summed E-state index contributed by atoms with van der Waals surface area (Å²) in [7, 11) is 2.14. The van der Waals surface area contributed by atoms with E-state index in [9.17, 15) is 0 Å². The lowest BCUT2D eigenvalue weighted by Gasteiger charge is -2.29. The molecule has 0 bridgehead atoms. The number of hydrogen-bond donors (Lipinski definition) is 0. The van der Waals surface area contributed by atoms with Gasteiger partial charge in [0.05, 0.1) is 12.4 Å². The highest BCUT2D eigenvalue weighted by atomic mass is 16.5. The van der Waals surface area contributed by atoms with Crippen LogP contribution in [-0.2, 0) is 0 Å². The van der Waals surface area contributed by atoms with E-state index < -0.39 is 0 Å². The van der Waals surface area contributed by atoms with Crippen molar-refractivity contribution in [3.63, 3.8) is 0 Å². The summed E-state index contributed by atoms with van der Waals surface area (Å²) in [5.74, 6) is 1.57. The Hall–Kier alpha value is -1.16. The monoisotopic (exact) mass is 207 g/mol. The first kappa shape index (κ1) is 10.4. The van der Waals surface area contributed by atoms with E-state index in [4.69, 9.17) is 4.74 Å². The van der Waals surface area contributed by atoms with Crippen LogP contribution in [0.25, 0.3) is 0 Å². The first-order valence-electron chi connectivity index (χ1n) is 5.38. The molecule has 0 atom stereocenters. The standard InChI is InChI=1S/C11H17N3O/c1-9-12-7-11(8-13-9)15-10-3-5-14(2)6-4-10/h7-8,10H,3-6H2,1-2H3. The molecule has 1 fully saturated rings. The van der Waals surface area contributed by atoms with Gasteiger partial charge in [0, 0.05) is 13.1 Å². The predicted molar refractivity (Wildman–Crippen MR) is 57.9 cm³/mol. The van der Waals surface area contributed by atoms with E-state index in [0.29, 0.717) is 6.10 Å². The largest absolute Gasteiger partial charge is 0.487 e. The van der Waals surface area contributed by atoms with E-state index in [-0.39, 0.29) is 0 Å². The molecule has 0 amide bonds. The van der Waals surface area contributed by atoms with Gasteiger partial charge in [-0.1, -0.05) is 0 Å². The van der Waals surface area contributed by atoms with E-state index >= 15 is 0 Å². The van der Waals surface area contributed by atoms with Crippen molar-refractivity contribution in [1.29, 1.82) is 0 Å². The second kappa shape index (κ2) is 4.57. The first-order valence-corrected chi connectivity index (χ1v) is 5.38. The first-order chi connectivity index (χ1) is 7.24. The summed E-state index contributed by atoms with van der Waals surface area (Å²) in [6.07, 6.45) is 6.00. The number of rotatable bonds is 2. The highest BCUT2D eigenvalue weighted by molar-refractivity contribution is 5.12.